The standard InChI is InChI=1S/C14H24N2O3/c1-14(2,3)12-9-15(7-8-19-12)13(18)11-5-4-6-16(11)10-17/h10-12H,4-9H2,1-3H3/t11-,12-/m1/s1. The van der Waals surface area contributed by atoms with E-state index in [0.29, 0.717) is 26.2 Å². The molecule has 2 aliphatic rings. The fraction of sp³-hybridized carbons (Fsp3) is 0.857. The molecule has 2 aliphatic heterocycles. The molecule has 0 aromatic heterocycles. The summed E-state index contributed by atoms with van der Waals surface area (Å²) in [6.45, 7) is 8.92. The van der Waals surface area contributed by atoms with Gasteiger partial charge in [0.2, 0.25) is 12.3 Å². The number of amides is 2. The van der Waals surface area contributed by atoms with Crippen molar-refractivity contribution >= 4 is 12.3 Å². The molecule has 0 radical (unpaired) electrons. The van der Waals surface area contributed by atoms with Gasteiger partial charge in [-0.25, -0.2) is 0 Å². The van der Waals surface area contributed by atoms with Gasteiger partial charge in [0.05, 0.1) is 12.7 Å². The Balaban J connectivity index is 2.01. The topological polar surface area (TPSA) is 49.9 Å². The van der Waals surface area contributed by atoms with Crippen LogP contribution in [0.1, 0.15) is 33.6 Å². The summed E-state index contributed by atoms with van der Waals surface area (Å²) in [6.07, 6.45) is 2.57. The highest BCUT2D eigenvalue weighted by atomic mass is 16.5. The minimum absolute atomic E-state index is 0.0268. The molecule has 2 saturated heterocycles. The van der Waals surface area contributed by atoms with Crippen molar-refractivity contribution in [1.82, 2.24) is 9.80 Å². The maximum atomic E-state index is 12.5. The minimum atomic E-state index is -0.254. The molecule has 0 aliphatic carbocycles. The number of carbonyl (C=O) groups excluding carboxylic acids is 2. The summed E-state index contributed by atoms with van der Waals surface area (Å²) < 4.78 is 5.76. The molecule has 5 heteroatoms. The van der Waals surface area contributed by atoms with Crippen molar-refractivity contribution in [2.24, 2.45) is 5.41 Å². The van der Waals surface area contributed by atoms with Gasteiger partial charge in [-0.05, 0) is 18.3 Å². The molecule has 0 unspecified atom stereocenters. The van der Waals surface area contributed by atoms with E-state index in [1.807, 2.05) is 4.90 Å². The molecule has 2 fully saturated rings. The molecule has 0 N–H and O–H groups in total. The van der Waals surface area contributed by atoms with Crippen LogP contribution in [-0.4, -0.2) is 60.5 Å². The predicted octanol–water partition coefficient (Wildman–Crippen LogP) is 0.881. The van der Waals surface area contributed by atoms with E-state index in [1.54, 1.807) is 4.90 Å². The van der Waals surface area contributed by atoms with Gasteiger partial charge in [-0.3, -0.25) is 9.59 Å². The zero-order valence-electron chi connectivity index (χ0n) is 12.1. The molecule has 0 aromatic carbocycles. The molecule has 19 heavy (non-hydrogen) atoms. The van der Waals surface area contributed by atoms with Gasteiger partial charge in [0, 0.05) is 19.6 Å². The van der Waals surface area contributed by atoms with E-state index < -0.39 is 0 Å². The highest BCUT2D eigenvalue weighted by Gasteiger charge is 2.37. The van der Waals surface area contributed by atoms with Gasteiger partial charge in [-0.2, -0.15) is 0 Å². The van der Waals surface area contributed by atoms with Crippen LogP contribution >= 0.6 is 0 Å². The smallest absolute Gasteiger partial charge is 0.245 e. The molecule has 2 rings (SSSR count). The maximum Gasteiger partial charge on any atom is 0.245 e. The first-order valence-corrected chi connectivity index (χ1v) is 7.05. The highest BCUT2D eigenvalue weighted by Crippen LogP contribution is 2.26. The second kappa shape index (κ2) is 5.49. The molecule has 0 aromatic rings. The lowest BCUT2D eigenvalue weighted by atomic mass is 9.88. The molecule has 0 spiro atoms. The van der Waals surface area contributed by atoms with Crippen LogP contribution in [0.25, 0.3) is 0 Å². The summed E-state index contributed by atoms with van der Waals surface area (Å²) in [5.74, 6) is 0.0853. The second-order valence-corrected chi connectivity index (χ2v) is 6.51. The monoisotopic (exact) mass is 268 g/mol. The summed E-state index contributed by atoms with van der Waals surface area (Å²) >= 11 is 0. The number of rotatable bonds is 2. The average molecular weight is 268 g/mol. The normalized spacial score (nSPS) is 28.6. The number of hydrogen-bond acceptors (Lipinski definition) is 3. The third-order valence-corrected chi connectivity index (χ3v) is 4.06. The van der Waals surface area contributed by atoms with Crippen LogP contribution in [0.3, 0.4) is 0 Å². The Hall–Kier alpha value is -1.10. The van der Waals surface area contributed by atoms with E-state index in [1.165, 1.54) is 0 Å². The zero-order valence-corrected chi connectivity index (χ0v) is 12.1. The molecule has 0 bridgehead atoms. The van der Waals surface area contributed by atoms with Crippen molar-refractivity contribution in [1.29, 1.82) is 0 Å². The first kappa shape index (κ1) is 14.3. The highest BCUT2D eigenvalue weighted by molar-refractivity contribution is 5.84. The fourth-order valence-electron chi connectivity index (χ4n) is 2.76. The summed E-state index contributed by atoms with van der Waals surface area (Å²) in [6, 6.07) is -0.254. The Morgan fingerprint density at radius 3 is 2.68 bits per heavy atom. The van der Waals surface area contributed by atoms with Crippen LogP contribution in [0, 0.1) is 5.41 Å². The third-order valence-electron chi connectivity index (χ3n) is 4.06. The van der Waals surface area contributed by atoms with E-state index in [2.05, 4.69) is 20.8 Å². The van der Waals surface area contributed by atoms with Crippen LogP contribution in [0.5, 0.6) is 0 Å². The first-order chi connectivity index (χ1) is 8.93. The van der Waals surface area contributed by atoms with Crippen LogP contribution in [0.4, 0.5) is 0 Å². The Bertz CT molecular complexity index is 351. The third kappa shape index (κ3) is 3.08. The molecule has 2 heterocycles. The Labute approximate surface area is 114 Å². The Morgan fingerprint density at radius 2 is 2.05 bits per heavy atom. The lowest BCUT2D eigenvalue weighted by Gasteiger charge is -2.40. The van der Waals surface area contributed by atoms with Crippen LogP contribution in [-0.2, 0) is 14.3 Å². The zero-order chi connectivity index (χ0) is 14.0. The minimum Gasteiger partial charge on any atom is -0.374 e. The van der Waals surface area contributed by atoms with Crippen molar-refractivity contribution in [3.8, 4) is 0 Å². The van der Waals surface area contributed by atoms with E-state index in [0.717, 1.165) is 19.3 Å². The second-order valence-electron chi connectivity index (χ2n) is 6.51. The van der Waals surface area contributed by atoms with Crippen molar-refractivity contribution < 1.29 is 14.3 Å². The molecular formula is C14H24N2O3. The van der Waals surface area contributed by atoms with Crippen molar-refractivity contribution in [3.63, 3.8) is 0 Å². The maximum absolute atomic E-state index is 12.5. The average Bonchev–Trinajstić information content (AvgIpc) is 2.85. The fourth-order valence-corrected chi connectivity index (χ4v) is 2.76. The van der Waals surface area contributed by atoms with E-state index in [4.69, 9.17) is 4.74 Å². The summed E-state index contributed by atoms with van der Waals surface area (Å²) in [7, 11) is 0. The largest absolute Gasteiger partial charge is 0.374 e. The van der Waals surface area contributed by atoms with Gasteiger partial charge in [0.15, 0.2) is 0 Å². The van der Waals surface area contributed by atoms with Gasteiger partial charge in [0.1, 0.15) is 6.04 Å². The van der Waals surface area contributed by atoms with E-state index in [-0.39, 0.29) is 23.5 Å². The van der Waals surface area contributed by atoms with Gasteiger partial charge in [-0.1, -0.05) is 20.8 Å². The lowest BCUT2D eigenvalue weighted by molar-refractivity contribution is -0.149. The Kier molecular flexibility index (Phi) is 4.13. The number of hydrogen-bond donors (Lipinski definition) is 0. The number of carbonyl (C=O) groups is 2. The van der Waals surface area contributed by atoms with Gasteiger partial charge in [-0.15, -0.1) is 0 Å². The molecule has 5 nitrogen and oxygen atoms in total. The lowest BCUT2D eigenvalue weighted by Crippen LogP contribution is -2.54. The van der Waals surface area contributed by atoms with Gasteiger partial charge < -0.3 is 14.5 Å². The SMILES string of the molecule is CC(C)(C)[C@H]1CN(C(=O)[C@H]2CCCN2C=O)CCO1. The number of ether oxygens (including phenoxy) is 1. The molecule has 0 saturated carbocycles. The van der Waals surface area contributed by atoms with Crippen LogP contribution in [0.2, 0.25) is 0 Å². The molecule has 2 amide bonds. The number of nitrogens with zero attached hydrogens (tertiary/aromatic N) is 2. The van der Waals surface area contributed by atoms with E-state index >= 15 is 0 Å². The summed E-state index contributed by atoms with van der Waals surface area (Å²) in [5.41, 5.74) is 0.0268. The van der Waals surface area contributed by atoms with Crippen LogP contribution < -0.4 is 0 Å². The molecular weight excluding hydrogens is 244 g/mol. The summed E-state index contributed by atoms with van der Waals surface area (Å²) in [4.78, 5) is 27.0. The van der Waals surface area contributed by atoms with Crippen LogP contribution in [0.15, 0.2) is 0 Å². The quantitative estimate of drug-likeness (QED) is 0.699. The molecule has 108 valence electrons. The first-order valence-electron chi connectivity index (χ1n) is 7.05. The predicted molar refractivity (Wildman–Crippen MR) is 71.6 cm³/mol. The van der Waals surface area contributed by atoms with Gasteiger partial charge in [0.25, 0.3) is 0 Å². The number of morpholine rings is 1. The van der Waals surface area contributed by atoms with Crippen molar-refractivity contribution in [2.75, 3.05) is 26.2 Å². The summed E-state index contributed by atoms with van der Waals surface area (Å²) in [5, 5.41) is 0. The van der Waals surface area contributed by atoms with Crippen molar-refractivity contribution in [3.05, 3.63) is 0 Å². The molecule has 2 atom stereocenters. The van der Waals surface area contributed by atoms with Crippen molar-refractivity contribution in [2.45, 2.75) is 45.8 Å². The Morgan fingerprint density at radius 1 is 1.32 bits per heavy atom. The van der Waals surface area contributed by atoms with E-state index in [9.17, 15) is 9.59 Å². The number of likely N-dealkylation sites (tertiary alicyclic amines) is 1. The van der Waals surface area contributed by atoms with Gasteiger partial charge >= 0.3 is 0 Å².